The summed E-state index contributed by atoms with van der Waals surface area (Å²) in [7, 11) is -1.51. The van der Waals surface area contributed by atoms with Crippen LogP contribution < -0.4 is 5.32 Å². The molecule has 92 valence electrons. The molecule has 1 N–H and O–H groups in total. The number of hydrogen-bond donors (Lipinski definition) is 1. The fraction of sp³-hybridized carbons (Fsp3) is 1.00. The minimum atomic E-state index is -3.08. The van der Waals surface area contributed by atoms with E-state index >= 15 is 0 Å². The Kier molecular flexibility index (Phi) is 5.77. The van der Waals surface area contributed by atoms with E-state index in [1.165, 1.54) is 0 Å². The van der Waals surface area contributed by atoms with Gasteiger partial charge in [-0.25, -0.2) is 8.42 Å². The van der Waals surface area contributed by atoms with Crippen molar-refractivity contribution in [3.8, 4) is 0 Å². The van der Waals surface area contributed by atoms with Crippen molar-refractivity contribution in [2.45, 2.75) is 38.5 Å². The predicted octanol–water partition coefficient (Wildman–Crippen LogP) is 0.824. The molecule has 0 aliphatic rings. The molecule has 0 rings (SSSR count). The van der Waals surface area contributed by atoms with Crippen molar-refractivity contribution in [3.05, 3.63) is 0 Å². The first-order valence-corrected chi connectivity index (χ1v) is 6.84. The Balaban J connectivity index is 4.53. The van der Waals surface area contributed by atoms with E-state index in [1.807, 2.05) is 6.92 Å². The number of methoxy groups -OCH3 is 1. The van der Waals surface area contributed by atoms with Crippen molar-refractivity contribution in [3.63, 3.8) is 0 Å². The minimum Gasteiger partial charge on any atom is -0.383 e. The van der Waals surface area contributed by atoms with Gasteiger partial charge in [0.15, 0.2) is 9.84 Å². The third kappa shape index (κ3) is 4.95. The van der Waals surface area contributed by atoms with Gasteiger partial charge >= 0.3 is 0 Å². The van der Waals surface area contributed by atoms with Crippen molar-refractivity contribution in [2.24, 2.45) is 0 Å². The third-order valence-corrected chi connectivity index (χ3v) is 4.92. The molecule has 0 bridgehead atoms. The summed E-state index contributed by atoms with van der Waals surface area (Å²) in [6.45, 7) is 8.28. The fourth-order valence-electron chi connectivity index (χ4n) is 1.17. The van der Waals surface area contributed by atoms with Gasteiger partial charge in [0, 0.05) is 13.2 Å². The zero-order valence-electron chi connectivity index (χ0n) is 10.3. The lowest BCUT2D eigenvalue weighted by Gasteiger charge is -2.24. The molecule has 1 atom stereocenters. The summed E-state index contributed by atoms with van der Waals surface area (Å²) in [6, 6.07) is -0.121. The smallest absolute Gasteiger partial charge is 0.156 e. The lowest BCUT2D eigenvalue weighted by molar-refractivity contribution is 0.173. The van der Waals surface area contributed by atoms with Crippen LogP contribution in [0.5, 0.6) is 0 Å². The molecule has 0 heterocycles. The summed E-state index contributed by atoms with van der Waals surface area (Å²) in [5, 5.41) is 3.11. The molecule has 0 aliphatic heterocycles. The molecule has 0 aromatic carbocycles. The monoisotopic (exact) mass is 237 g/mol. The maximum atomic E-state index is 11.9. The van der Waals surface area contributed by atoms with E-state index in [1.54, 1.807) is 27.9 Å². The molecule has 0 aromatic heterocycles. The lowest BCUT2D eigenvalue weighted by atomic mass is 10.3. The highest BCUT2D eigenvalue weighted by molar-refractivity contribution is 7.92. The summed E-state index contributed by atoms with van der Waals surface area (Å²) in [6.07, 6.45) is 0. The fourth-order valence-corrected chi connectivity index (χ4v) is 2.41. The summed E-state index contributed by atoms with van der Waals surface area (Å²) >= 11 is 0. The second kappa shape index (κ2) is 5.82. The molecular weight excluding hydrogens is 214 g/mol. The average Bonchev–Trinajstić information content (AvgIpc) is 2.02. The highest BCUT2D eigenvalue weighted by atomic mass is 32.2. The standard InChI is InChI=1S/C10H23NO3S/c1-6-11-9(7-14-5)8-15(12,13)10(2,3)4/h9,11H,6-8H2,1-5H3. The van der Waals surface area contributed by atoms with Crippen LogP contribution in [0.15, 0.2) is 0 Å². The molecule has 0 aromatic rings. The van der Waals surface area contributed by atoms with Gasteiger partial charge < -0.3 is 10.1 Å². The Hall–Kier alpha value is -0.130. The van der Waals surface area contributed by atoms with E-state index in [9.17, 15) is 8.42 Å². The number of likely N-dealkylation sites (N-methyl/N-ethyl adjacent to an activating group) is 1. The van der Waals surface area contributed by atoms with Crippen LogP contribution in [0, 0.1) is 0 Å². The van der Waals surface area contributed by atoms with Gasteiger partial charge in [-0.1, -0.05) is 6.92 Å². The Labute approximate surface area is 93.3 Å². The van der Waals surface area contributed by atoms with E-state index in [0.29, 0.717) is 6.61 Å². The molecule has 0 amide bonds. The second-order valence-corrected chi connectivity index (χ2v) is 7.39. The quantitative estimate of drug-likeness (QED) is 0.743. The first-order valence-electron chi connectivity index (χ1n) is 5.19. The van der Waals surface area contributed by atoms with Crippen LogP contribution in [0.3, 0.4) is 0 Å². The van der Waals surface area contributed by atoms with Crippen LogP contribution in [-0.4, -0.2) is 45.2 Å². The summed E-state index contributed by atoms with van der Waals surface area (Å²) < 4.78 is 28.1. The average molecular weight is 237 g/mol. The minimum absolute atomic E-state index is 0.121. The van der Waals surface area contributed by atoms with Crippen molar-refractivity contribution in [2.75, 3.05) is 26.0 Å². The Bertz CT molecular complexity index is 261. The molecule has 0 radical (unpaired) electrons. The number of hydrogen-bond acceptors (Lipinski definition) is 4. The van der Waals surface area contributed by atoms with E-state index in [4.69, 9.17) is 4.74 Å². The van der Waals surface area contributed by atoms with Crippen molar-refractivity contribution in [1.82, 2.24) is 5.32 Å². The Morgan fingerprint density at radius 1 is 1.33 bits per heavy atom. The second-order valence-electron chi connectivity index (χ2n) is 4.60. The van der Waals surface area contributed by atoms with Gasteiger partial charge in [-0.15, -0.1) is 0 Å². The van der Waals surface area contributed by atoms with Gasteiger partial charge in [0.1, 0.15) is 0 Å². The number of nitrogens with one attached hydrogen (secondary N) is 1. The molecule has 0 saturated carbocycles. The molecule has 4 nitrogen and oxygen atoms in total. The van der Waals surface area contributed by atoms with Crippen LogP contribution in [0.4, 0.5) is 0 Å². The van der Waals surface area contributed by atoms with Gasteiger partial charge in [-0.2, -0.15) is 0 Å². The molecule has 0 saturated heterocycles. The SMILES string of the molecule is CCNC(COC)CS(=O)(=O)C(C)(C)C. The van der Waals surface area contributed by atoms with E-state index in [0.717, 1.165) is 6.54 Å². The Morgan fingerprint density at radius 2 is 1.87 bits per heavy atom. The van der Waals surface area contributed by atoms with Crippen LogP contribution in [0.1, 0.15) is 27.7 Å². The van der Waals surface area contributed by atoms with Gasteiger partial charge in [0.2, 0.25) is 0 Å². The number of ether oxygens (including phenoxy) is 1. The first kappa shape index (κ1) is 14.9. The molecule has 15 heavy (non-hydrogen) atoms. The Morgan fingerprint density at radius 3 is 2.20 bits per heavy atom. The summed E-state index contributed by atoms with van der Waals surface area (Å²) in [5.41, 5.74) is 0. The maximum absolute atomic E-state index is 11.9. The van der Waals surface area contributed by atoms with E-state index in [-0.39, 0.29) is 11.8 Å². The highest BCUT2D eigenvalue weighted by Crippen LogP contribution is 2.16. The molecule has 5 heteroatoms. The molecule has 0 aliphatic carbocycles. The van der Waals surface area contributed by atoms with E-state index < -0.39 is 14.6 Å². The van der Waals surface area contributed by atoms with Crippen LogP contribution >= 0.6 is 0 Å². The maximum Gasteiger partial charge on any atom is 0.156 e. The van der Waals surface area contributed by atoms with Crippen molar-refractivity contribution in [1.29, 1.82) is 0 Å². The summed E-state index contributed by atoms with van der Waals surface area (Å²) in [5.74, 6) is 0.123. The van der Waals surface area contributed by atoms with Crippen LogP contribution in [0.2, 0.25) is 0 Å². The van der Waals surface area contributed by atoms with Gasteiger partial charge in [0.25, 0.3) is 0 Å². The molecule has 1 unspecified atom stereocenters. The predicted molar refractivity (Wildman–Crippen MR) is 62.9 cm³/mol. The molecular formula is C10H23NO3S. The van der Waals surface area contributed by atoms with Crippen LogP contribution in [-0.2, 0) is 14.6 Å². The molecule has 0 fully saturated rings. The summed E-state index contributed by atoms with van der Waals surface area (Å²) in [4.78, 5) is 0. The zero-order valence-corrected chi connectivity index (χ0v) is 11.1. The van der Waals surface area contributed by atoms with E-state index in [2.05, 4.69) is 5.32 Å². The topological polar surface area (TPSA) is 55.4 Å². The molecule has 0 spiro atoms. The van der Waals surface area contributed by atoms with Crippen molar-refractivity contribution < 1.29 is 13.2 Å². The van der Waals surface area contributed by atoms with Crippen LogP contribution in [0.25, 0.3) is 0 Å². The van der Waals surface area contributed by atoms with Gasteiger partial charge in [-0.05, 0) is 27.3 Å². The van der Waals surface area contributed by atoms with Gasteiger partial charge in [0.05, 0.1) is 17.1 Å². The number of rotatable bonds is 6. The normalized spacial score (nSPS) is 15.3. The zero-order chi connectivity index (χ0) is 12.1. The van der Waals surface area contributed by atoms with Crippen molar-refractivity contribution >= 4 is 9.84 Å². The lowest BCUT2D eigenvalue weighted by Crippen LogP contribution is -2.43. The number of sulfone groups is 1. The largest absolute Gasteiger partial charge is 0.383 e. The first-order chi connectivity index (χ1) is 6.74. The highest BCUT2D eigenvalue weighted by Gasteiger charge is 2.31. The van der Waals surface area contributed by atoms with Gasteiger partial charge in [-0.3, -0.25) is 0 Å². The third-order valence-electron chi connectivity index (χ3n) is 2.21.